The first-order valence-electron chi connectivity index (χ1n) is 26.9. The average Bonchev–Trinajstić information content (AvgIpc) is 4.35. The number of para-hydroxylation sites is 6. The molecule has 0 atom stereocenters. The van der Waals surface area contributed by atoms with E-state index in [0.717, 1.165) is 21.2 Å². The lowest BCUT2D eigenvalue weighted by atomic mass is 10.0. The molecule has 81 heavy (non-hydrogen) atoms. The molecular formula is C74H47BrN6. The lowest BCUT2D eigenvalue weighted by molar-refractivity contribution is 1.18. The van der Waals surface area contributed by atoms with Gasteiger partial charge in [0, 0.05) is 75.7 Å². The van der Waals surface area contributed by atoms with E-state index in [2.05, 4.69) is 271 Å². The van der Waals surface area contributed by atoms with Crippen molar-refractivity contribution in [1.82, 2.24) is 18.7 Å². The van der Waals surface area contributed by atoms with Crippen molar-refractivity contribution >= 4 is 103 Å². The molecule has 0 bridgehead atoms. The fraction of sp³-hybridized carbons (Fsp3) is 0. The van der Waals surface area contributed by atoms with Gasteiger partial charge in [0.05, 0.1) is 56.4 Å². The van der Waals surface area contributed by atoms with Crippen LogP contribution in [0.25, 0.3) is 127 Å². The minimum Gasteiger partial charge on any atom is -0.355 e. The van der Waals surface area contributed by atoms with Gasteiger partial charge in [0.15, 0.2) is 0 Å². The van der Waals surface area contributed by atoms with Crippen molar-refractivity contribution < 1.29 is 0 Å². The first-order valence-corrected chi connectivity index (χ1v) is 27.7. The number of nitrogens with zero attached hydrogens (tertiary/aromatic N) is 5. The van der Waals surface area contributed by atoms with E-state index in [1.54, 1.807) is 12.1 Å². The molecule has 0 aliphatic rings. The molecule has 16 rings (SSSR count). The summed E-state index contributed by atoms with van der Waals surface area (Å²) in [4.78, 5) is 3.53. The molecule has 1 N–H and O–H groups in total. The molecule has 0 unspecified atom stereocenters. The largest absolute Gasteiger partial charge is 0.355 e. The van der Waals surface area contributed by atoms with Crippen molar-refractivity contribution in [2.24, 2.45) is 0 Å². The second-order valence-electron chi connectivity index (χ2n) is 20.1. The highest BCUT2D eigenvalue weighted by atomic mass is 79.9. The maximum Gasteiger partial charge on any atom is 0.0991 e. The van der Waals surface area contributed by atoms with Crippen molar-refractivity contribution in [2.45, 2.75) is 0 Å². The molecule has 7 heteroatoms. The summed E-state index contributed by atoms with van der Waals surface area (Å²) in [6.07, 6.45) is 0. The fourth-order valence-electron chi connectivity index (χ4n) is 11.7. The monoisotopic (exact) mass is 1100 g/mol. The van der Waals surface area contributed by atoms with Crippen LogP contribution in [0.1, 0.15) is 11.1 Å². The summed E-state index contributed by atoms with van der Waals surface area (Å²) in [6, 6.07) is 102. The van der Waals surface area contributed by atoms with Gasteiger partial charge in [0.2, 0.25) is 0 Å². The molecule has 6 nitrogen and oxygen atoms in total. The molecule has 4 heterocycles. The number of hydrogen-bond acceptors (Lipinski definition) is 2. The number of rotatable bonds is 5. The van der Waals surface area contributed by atoms with Crippen molar-refractivity contribution in [3.63, 3.8) is 0 Å². The van der Waals surface area contributed by atoms with Crippen molar-refractivity contribution in [2.75, 3.05) is 0 Å². The Morgan fingerprint density at radius 3 is 1.02 bits per heavy atom. The van der Waals surface area contributed by atoms with Crippen LogP contribution in [0.3, 0.4) is 0 Å². The third-order valence-corrected chi connectivity index (χ3v) is 16.0. The fourth-order valence-corrected chi connectivity index (χ4v) is 11.9. The zero-order valence-electron chi connectivity index (χ0n) is 43.7. The first-order chi connectivity index (χ1) is 40.0. The van der Waals surface area contributed by atoms with Gasteiger partial charge in [-0.3, -0.25) is 0 Å². The van der Waals surface area contributed by atoms with Gasteiger partial charge in [-0.15, -0.1) is 0 Å². The minimum absolute atomic E-state index is 0.663. The van der Waals surface area contributed by atoms with Crippen LogP contribution in [0.5, 0.6) is 0 Å². The predicted octanol–water partition coefficient (Wildman–Crippen LogP) is 19.8. The van der Waals surface area contributed by atoms with E-state index in [1.807, 2.05) is 42.5 Å². The summed E-state index contributed by atoms with van der Waals surface area (Å²) < 4.78 is 7.99. The number of hydrogen-bond donors (Lipinski definition) is 1. The number of nitriles is 2. The number of aromatic amines is 1. The molecule has 4 aromatic heterocycles. The Balaban J connectivity index is 0.000000128. The molecule has 0 saturated heterocycles. The van der Waals surface area contributed by atoms with Crippen LogP contribution in [0.15, 0.2) is 284 Å². The molecular weight excluding hydrogens is 1050 g/mol. The van der Waals surface area contributed by atoms with Gasteiger partial charge in [0.25, 0.3) is 0 Å². The van der Waals surface area contributed by atoms with Crippen LogP contribution in [-0.2, 0) is 0 Å². The topological polar surface area (TPSA) is 78.2 Å². The van der Waals surface area contributed by atoms with Gasteiger partial charge in [-0.05, 0) is 168 Å². The molecule has 0 amide bonds. The molecule has 0 saturated carbocycles. The molecule has 380 valence electrons. The number of aromatic nitrogens is 4. The number of H-pyrrole nitrogens is 1. The van der Waals surface area contributed by atoms with Crippen LogP contribution in [-0.4, -0.2) is 18.7 Å². The second kappa shape index (κ2) is 20.6. The molecule has 12 aromatic carbocycles. The number of benzene rings is 12. The Morgan fingerprint density at radius 1 is 0.272 bits per heavy atom. The highest BCUT2D eigenvalue weighted by Crippen LogP contribution is 2.40. The molecule has 0 radical (unpaired) electrons. The quantitative estimate of drug-likeness (QED) is 0.186. The minimum atomic E-state index is 0.663. The third kappa shape index (κ3) is 8.76. The molecule has 0 aliphatic carbocycles. The highest BCUT2D eigenvalue weighted by Gasteiger charge is 2.17. The summed E-state index contributed by atoms with van der Waals surface area (Å²) in [5.74, 6) is 0. The van der Waals surface area contributed by atoms with E-state index < -0.39 is 0 Å². The van der Waals surface area contributed by atoms with E-state index in [4.69, 9.17) is 5.26 Å². The smallest absolute Gasteiger partial charge is 0.0991 e. The van der Waals surface area contributed by atoms with E-state index in [9.17, 15) is 5.26 Å². The average molecular weight is 1100 g/mol. The SMILES string of the molecule is N#Cc1ccc(-n2c3ccccc3c3cc(-c4ccc5c(c4)c4ccccc4n5-c4ccccc4)ccc32)cc1.N#Cc1ccc(Br)cc1.c1ccc(-n2c3ccccc3c3cc(-c4ccc5[nH]c6ccccc6c5c4)ccc32)cc1. The van der Waals surface area contributed by atoms with E-state index in [-0.39, 0.29) is 0 Å². The highest BCUT2D eigenvalue weighted by molar-refractivity contribution is 9.10. The van der Waals surface area contributed by atoms with Gasteiger partial charge >= 0.3 is 0 Å². The first kappa shape index (κ1) is 48.7. The standard InChI is InChI=1S/C37H23N3.C30H20N2.C7H4BrN/c38-24-25-14-18-29(19-15-25)40-35-13-7-5-11-31(35)33-23-27(17-21-37(33)40)26-16-20-36-32(22-26)30-10-4-6-12-34(30)39(36)28-8-2-1-3-9-28;1-2-8-22(9-3-1)32-29-13-7-5-11-24(29)26-19-21(15-17-30(26)32)20-14-16-28-25(18-20)23-10-4-6-12-27(23)31-28;8-7-3-1-6(5-9)2-4-7/h1-23H;1-19,31H;1-4H. The Morgan fingerprint density at radius 2 is 0.593 bits per heavy atom. The molecule has 0 fully saturated rings. The summed E-state index contributed by atoms with van der Waals surface area (Å²) in [5.41, 5.74) is 19.2. The number of fused-ring (bicyclic) bond motifs is 12. The van der Waals surface area contributed by atoms with E-state index in [0.29, 0.717) is 11.1 Å². The summed E-state index contributed by atoms with van der Waals surface area (Å²) >= 11 is 3.27. The van der Waals surface area contributed by atoms with Crippen LogP contribution in [0.2, 0.25) is 0 Å². The third-order valence-electron chi connectivity index (χ3n) is 15.4. The molecule has 0 aliphatic heterocycles. The lowest BCUT2D eigenvalue weighted by Gasteiger charge is -2.09. The Labute approximate surface area is 475 Å². The van der Waals surface area contributed by atoms with Gasteiger partial charge < -0.3 is 18.7 Å². The van der Waals surface area contributed by atoms with Crippen LogP contribution in [0, 0.1) is 22.7 Å². The molecule has 16 aromatic rings. The Bertz CT molecular complexity index is 5130. The maximum absolute atomic E-state index is 9.27. The van der Waals surface area contributed by atoms with Crippen molar-refractivity contribution in [3.05, 3.63) is 295 Å². The number of halogens is 1. The van der Waals surface area contributed by atoms with Crippen molar-refractivity contribution in [1.29, 1.82) is 10.5 Å². The lowest BCUT2D eigenvalue weighted by Crippen LogP contribution is -1.93. The van der Waals surface area contributed by atoms with Gasteiger partial charge in [0.1, 0.15) is 0 Å². The zero-order valence-corrected chi connectivity index (χ0v) is 45.3. The van der Waals surface area contributed by atoms with E-state index >= 15 is 0 Å². The maximum atomic E-state index is 9.27. The van der Waals surface area contributed by atoms with E-state index in [1.165, 1.54) is 110 Å². The molecule has 0 spiro atoms. The number of nitrogens with one attached hydrogen (secondary N) is 1. The Kier molecular flexibility index (Phi) is 12.4. The Hall–Kier alpha value is -10.7. The van der Waals surface area contributed by atoms with Gasteiger partial charge in [-0.25, -0.2) is 0 Å². The van der Waals surface area contributed by atoms with Crippen molar-refractivity contribution in [3.8, 4) is 51.5 Å². The summed E-state index contributed by atoms with van der Waals surface area (Å²) in [7, 11) is 0. The van der Waals surface area contributed by atoms with Gasteiger partial charge in [-0.2, -0.15) is 10.5 Å². The van der Waals surface area contributed by atoms with Crippen LogP contribution < -0.4 is 0 Å². The normalized spacial score (nSPS) is 11.2. The summed E-state index contributed by atoms with van der Waals surface area (Å²) in [5, 5.41) is 27.7. The van der Waals surface area contributed by atoms with Crippen LogP contribution >= 0.6 is 15.9 Å². The zero-order chi connectivity index (χ0) is 54.4. The summed E-state index contributed by atoms with van der Waals surface area (Å²) in [6.45, 7) is 0. The predicted molar refractivity (Wildman–Crippen MR) is 340 cm³/mol. The van der Waals surface area contributed by atoms with Gasteiger partial charge in [-0.1, -0.05) is 149 Å². The second-order valence-corrected chi connectivity index (χ2v) is 21.0. The van der Waals surface area contributed by atoms with Crippen LogP contribution in [0.4, 0.5) is 0 Å².